The number of piperidine rings is 1. The van der Waals surface area contributed by atoms with Crippen LogP contribution in [0.3, 0.4) is 0 Å². The van der Waals surface area contributed by atoms with Gasteiger partial charge in [-0.15, -0.1) is 0 Å². The smallest absolute Gasteiger partial charge is 0.329 e. The summed E-state index contributed by atoms with van der Waals surface area (Å²) >= 11 is 0. The van der Waals surface area contributed by atoms with Gasteiger partial charge in [0.15, 0.2) is 6.61 Å². The van der Waals surface area contributed by atoms with Crippen molar-refractivity contribution in [1.29, 1.82) is 0 Å². The first-order chi connectivity index (χ1) is 12.5. The number of hydrogen-bond donors (Lipinski definition) is 2. The third-order valence-electron chi connectivity index (χ3n) is 4.29. The molecule has 1 atom stereocenters. The molecule has 7 heteroatoms. The highest BCUT2D eigenvalue weighted by Gasteiger charge is 2.27. The van der Waals surface area contributed by atoms with Crippen molar-refractivity contribution in [2.24, 2.45) is 5.92 Å². The molecule has 0 aromatic heterocycles. The second-order valence-electron chi connectivity index (χ2n) is 6.74. The van der Waals surface area contributed by atoms with Crippen molar-refractivity contribution in [2.75, 3.05) is 25.0 Å². The molecule has 1 aliphatic rings. The van der Waals surface area contributed by atoms with Gasteiger partial charge >= 0.3 is 12.0 Å². The predicted molar refractivity (Wildman–Crippen MR) is 98.6 cm³/mol. The van der Waals surface area contributed by atoms with Gasteiger partial charge in [0.1, 0.15) is 6.04 Å². The second kappa shape index (κ2) is 9.79. The number of rotatable bonds is 6. The monoisotopic (exact) mass is 361 g/mol. The highest BCUT2D eigenvalue weighted by molar-refractivity contribution is 5.93. The predicted octanol–water partition coefficient (Wildman–Crippen LogP) is 2.39. The van der Waals surface area contributed by atoms with E-state index in [4.69, 9.17) is 4.74 Å². The van der Waals surface area contributed by atoms with E-state index < -0.39 is 18.0 Å². The van der Waals surface area contributed by atoms with Crippen molar-refractivity contribution in [1.82, 2.24) is 10.2 Å². The highest BCUT2D eigenvalue weighted by Crippen LogP contribution is 2.10. The molecule has 1 aliphatic heterocycles. The molecule has 3 amide bonds. The van der Waals surface area contributed by atoms with Gasteiger partial charge in [-0.3, -0.25) is 4.79 Å². The van der Waals surface area contributed by atoms with Gasteiger partial charge in [0.2, 0.25) is 0 Å². The number of benzene rings is 1. The first kappa shape index (κ1) is 19.8. The molecule has 26 heavy (non-hydrogen) atoms. The Balaban J connectivity index is 1.84. The Morgan fingerprint density at radius 1 is 1.08 bits per heavy atom. The molecule has 1 saturated heterocycles. The molecular weight excluding hydrogens is 334 g/mol. The van der Waals surface area contributed by atoms with Crippen LogP contribution in [-0.4, -0.2) is 48.5 Å². The molecule has 0 spiro atoms. The summed E-state index contributed by atoms with van der Waals surface area (Å²) in [7, 11) is 0. The zero-order valence-electron chi connectivity index (χ0n) is 15.4. The molecule has 1 heterocycles. The summed E-state index contributed by atoms with van der Waals surface area (Å²) in [6.07, 6.45) is 3.09. The van der Waals surface area contributed by atoms with E-state index in [2.05, 4.69) is 10.6 Å². The summed E-state index contributed by atoms with van der Waals surface area (Å²) in [6, 6.07) is 7.63. The van der Waals surface area contributed by atoms with E-state index in [0.717, 1.165) is 19.3 Å². The molecule has 1 aromatic rings. The SMILES string of the molecule is CC(C)[C@@H](NC(=O)Nc1ccccc1)C(=O)OCC(=O)N1CCCCC1. The Morgan fingerprint density at radius 2 is 1.73 bits per heavy atom. The van der Waals surface area contributed by atoms with Gasteiger partial charge in [-0.2, -0.15) is 0 Å². The van der Waals surface area contributed by atoms with E-state index in [1.807, 2.05) is 6.07 Å². The number of anilines is 1. The summed E-state index contributed by atoms with van der Waals surface area (Å²) in [6.45, 7) is 4.75. The highest BCUT2D eigenvalue weighted by atomic mass is 16.5. The topological polar surface area (TPSA) is 87.7 Å². The van der Waals surface area contributed by atoms with Crippen molar-refractivity contribution in [3.05, 3.63) is 30.3 Å². The van der Waals surface area contributed by atoms with Gasteiger partial charge < -0.3 is 20.3 Å². The molecule has 2 N–H and O–H groups in total. The molecule has 1 aromatic carbocycles. The van der Waals surface area contributed by atoms with Crippen molar-refractivity contribution < 1.29 is 19.1 Å². The number of hydrogen-bond acceptors (Lipinski definition) is 4. The number of para-hydroxylation sites is 1. The van der Waals surface area contributed by atoms with Crippen LogP contribution in [0.25, 0.3) is 0 Å². The van der Waals surface area contributed by atoms with E-state index in [-0.39, 0.29) is 18.4 Å². The molecule has 0 aliphatic carbocycles. The van der Waals surface area contributed by atoms with Gasteiger partial charge in [0, 0.05) is 18.8 Å². The lowest BCUT2D eigenvalue weighted by Crippen LogP contribution is -2.48. The van der Waals surface area contributed by atoms with Crippen LogP contribution in [0.1, 0.15) is 33.1 Å². The molecule has 0 bridgehead atoms. The van der Waals surface area contributed by atoms with Crippen molar-refractivity contribution in [3.8, 4) is 0 Å². The lowest BCUT2D eigenvalue weighted by Gasteiger charge is -2.27. The summed E-state index contributed by atoms with van der Waals surface area (Å²) in [4.78, 5) is 38.3. The van der Waals surface area contributed by atoms with Gasteiger partial charge in [-0.05, 0) is 37.3 Å². The Morgan fingerprint density at radius 3 is 2.35 bits per heavy atom. The van der Waals surface area contributed by atoms with Crippen LogP contribution in [0.2, 0.25) is 0 Å². The van der Waals surface area contributed by atoms with Crippen LogP contribution >= 0.6 is 0 Å². The summed E-state index contributed by atoms with van der Waals surface area (Å²) in [5.41, 5.74) is 0.626. The summed E-state index contributed by atoms with van der Waals surface area (Å²) < 4.78 is 5.16. The zero-order chi connectivity index (χ0) is 18.9. The van der Waals surface area contributed by atoms with Crippen LogP contribution in [0.15, 0.2) is 30.3 Å². The lowest BCUT2D eigenvalue weighted by atomic mass is 10.1. The first-order valence-electron chi connectivity index (χ1n) is 9.04. The Hall–Kier alpha value is -2.57. The largest absolute Gasteiger partial charge is 0.454 e. The third kappa shape index (κ3) is 6.06. The number of carbonyl (C=O) groups excluding carboxylic acids is 3. The minimum Gasteiger partial charge on any atom is -0.454 e. The Kier molecular flexibility index (Phi) is 7.44. The zero-order valence-corrected chi connectivity index (χ0v) is 15.4. The lowest BCUT2D eigenvalue weighted by molar-refractivity contribution is -0.154. The molecule has 1 fully saturated rings. The normalized spacial score (nSPS) is 15.3. The molecule has 2 rings (SSSR count). The maximum atomic E-state index is 12.3. The van der Waals surface area contributed by atoms with Gasteiger partial charge in [-0.1, -0.05) is 32.0 Å². The fourth-order valence-corrected chi connectivity index (χ4v) is 2.78. The number of amides is 3. The molecular formula is C19H27N3O4. The van der Waals surface area contributed by atoms with E-state index in [1.165, 1.54) is 0 Å². The quantitative estimate of drug-likeness (QED) is 0.762. The summed E-state index contributed by atoms with van der Waals surface area (Å²) in [5, 5.41) is 5.28. The van der Waals surface area contributed by atoms with Crippen LogP contribution in [0.4, 0.5) is 10.5 Å². The molecule has 0 unspecified atom stereocenters. The Labute approximate surface area is 154 Å². The van der Waals surface area contributed by atoms with Crippen molar-refractivity contribution >= 4 is 23.6 Å². The third-order valence-corrected chi connectivity index (χ3v) is 4.29. The fourth-order valence-electron chi connectivity index (χ4n) is 2.78. The van der Waals surface area contributed by atoms with Crippen LogP contribution in [0, 0.1) is 5.92 Å². The second-order valence-corrected chi connectivity index (χ2v) is 6.74. The molecule has 0 radical (unpaired) electrons. The standard InChI is InChI=1S/C19H27N3O4/c1-14(2)17(21-19(25)20-15-9-5-3-6-10-15)18(24)26-13-16(23)22-11-7-4-8-12-22/h3,5-6,9-10,14,17H,4,7-8,11-13H2,1-2H3,(H2,20,21,25)/t17-/m1/s1. The number of esters is 1. The maximum Gasteiger partial charge on any atom is 0.329 e. The minimum absolute atomic E-state index is 0.172. The number of nitrogens with zero attached hydrogens (tertiary/aromatic N) is 1. The van der Waals surface area contributed by atoms with Gasteiger partial charge in [-0.25, -0.2) is 9.59 Å². The van der Waals surface area contributed by atoms with Crippen LogP contribution < -0.4 is 10.6 Å². The fraction of sp³-hybridized carbons (Fsp3) is 0.526. The first-order valence-corrected chi connectivity index (χ1v) is 9.04. The maximum absolute atomic E-state index is 12.3. The summed E-state index contributed by atoms with van der Waals surface area (Å²) in [5.74, 6) is -0.961. The molecule has 0 saturated carbocycles. The van der Waals surface area contributed by atoms with Crippen LogP contribution in [-0.2, 0) is 14.3 Å². The number of likely N-dealkylation sites (tertiary alicyclic amines) is 1. The molecule has 142 valence electrons. The van der Waals surface area contributed by atoms with E-state index >= 15 is 0 Å². The van der Waals surface area contributed by atoms with E-state index in [9.17, 15) is 14.4 Å². The van der Waals surface area contributed by atoms with Gasteiger partial charge in [0.25, 0.3) is 5.91 Å². The molecule has 7 nitrogen and oxygen atoms in total. The van der Waals surface area contributed by atoms with Crippen LogP contribution in [0.5, 0.6) is 0 Å². The Bertz CT molecular complexity index is 612. The minimum atomic E-state index is -0.826. The average Bonchev–Trinajstić information content (AvgIpc) is 2.65. The number of carbonyl (C=O) groups is 3. The van der Waals surface area contributed by atoms with Gasteiger partial charge in [0.05, 0.1) is 0 Å². The number of urea groups is 1. The number of nitrogens with one attached hydrogen (secondary N) is 2. The van der Waals surface area contributed by atoms with E-state index in [1.54, 1.807) is 43.0 Å². The number of ether oxygens (including phenoxy) is 1. The van der Waals surface area contributed by atoms with E-state index in [0.29, 0.717) is 18.8 Å². The average molecular weight is 361 g/mol. The van der Waals surface area contributed by atoms with Crippen molar-refractivity contribution in [2.45, 2.75) is 39.2 Å². The van der Waals surface area contributed by atoms with Crippen molar-refractivity contribution in [3.63, 3.8) is 0 Å².